The quantitative estimate of drug-likeness (QED) is 0.739. The summed E-state index contributed by atoms with van der Waals surface area (Å²) in [6.07, 6.45) is 2.48. The highest BCUT2D eigenvalue weighted by atomic mass is 16.2. The molecule has 0 spiro atoms. The maximum Gasteiger partial charge on any atom is 0.224 e. The number of nitrogens with one attached hydrogen (secondary N) is 2. The van der Waals surface area contributed by atoms with Gasteiger partial charge in [0.15, 0.2) is 0 Å². The Morgan fingerprint density at radius 3 is 2.12 bits per heavy atom. The van der Waals surface area contributed by atoms with Gasteiger partial charge in [-0.3, -0.25) is 9.59 Å². The zero-order chi connectivity index (χ0) is 17.9. The molecule has 2 rings (SSSR count). The molecule has 2 aromatic carbocycles. The van der Waals surface area contributed by atoms with Crippen LogP contribution in [0.1, 0.15) is 30.9 Å². The maximum atomic E-state index is 11.9. The van der Waals surface area contributed by atoms with Crippen molar-refractivity contribution in [2.24, 2.45) is 0 Å². The van der Waals surface area contributed by atoms with Crippen LogP contribution in [0.5, 0.6) is 0 Å². The second-order valence-electron chi connectivity index (χ2n) is 6.26. The molecule has 4 heteroatoms. The molecule has 0 aliphatic carbocycles. The van der Waals surface area contributed by atoms with Crippen molar-refractivity contribution >= 4 is 11.8 Å². The lowest BCUT2D eigenvalue weighted by Gasteiger charge is -2.14. The van der Waals surface area contributed by atoms with Crippen LogP contribution in [-0.4, -0.2) is 24.4 Å². The molecule has 0 fully saturated rings. The highest BCUT2D eigenvalue weighted by molar-refractivity contribution is 5.80. The summed E-state index contributed by atoms with van der Waals surface area (Å²) in [6.45, 7) is 2.37. The molecule has 0 aromatic heterocycles. The first-order chi connectivity index (χ1) is 12.1. The standard InChI is InChI=1S/C21H26N2O2/c1-17(12-13-18-8-4-2-5-9-18)23-20(24)14-15-22-21(25)16-19-10-6-3-7-11-19/h2-11,17H,12-16H2,1H3,(H,22,25)(H,23,24). The Morgan fingerprint density at radius 2 is 1.48 bits per heavy atom. The molecule has 0 saturated carbocycles. The highest BCUT2D eigenvalue weighted by Crippen LogP contribution is 2.05. The van der Waals surface area contributed by atoms with Crippen LogP contribution in [0.3, 0.4) is 0 Å². The third-order valence-electron chi connectivity index (χ3n) is 4.00. The first-order valence-corrected chi connectivity index (χ1v) is 8.77. The number of hydrogen-bond acceptors (Lipinski definition) is 2. The molecule has 0 radical (unpaired) electrons. The van der Waals surface area contributed by atoms with Crippen molar-refractivity contribution in [2.75, 3.05) is 6.54 Å². The monoisotopic (exact) mass is 338 g/mol. The summed E-state index contributed by atoms with van der Waals surface area (Å²) >= 11 is 0. The summed E-state index contributed by atoms with van der Waals surface area (Å²) in [6, 6.07) is 19.9. The first kappa shape index (κ1) is 18.7. The lowest BCUT2D eigenvalue weighted by molar-refractivity contribution is -0.122. The summed E-state index contributed by atoms with van der Waals surface area (Å²) in [5, 5.41) is 5.78. The van der Waals surface area contributed by atoms with Crippen molar-refractivity contribution in [2.45, 2.75) is 38.6 Å². The third kappa shape index (κ3) is 7.66. The van der Waals surface area contributed by atoms with E-state index >= 15 is 0 Å². The van der Waals surface area contributed by atoms with Gasteiger partial charge in [-0.1, -0.05) is 60.7 Å². The van der Waals surface area contributed by atoms with Crippen LogP contribution in [0.25, 0.3) is 0 Å². The molecule has 2 amide bonds. The van der Waals surface area contributed by atoms with Crippen LogP contribution in [-0.2, 0) is 22.4 Å². The Hall–Kier alpha value is -2.62. The Labute approximate surface area is 149 Å². The van der Waals surface area contributed by atoms with Crippen molar-refractivity contribution in [3.63, 3.8) is 0 Å². The van der Waals surface area contributed by atoms with Crippen LogP contribution in [0.15, 0.2) is 60.7 Å². The number of aryl methyl sites for hydroxylation is 1. The zero-order valence-electron chi connectivity index (χ0n) is 14.7. The molecule has 1 atom stereocenters. The van der Waals surface area contributed by atoms with Gasteiger partial charge in [-0.05, 0) is 30.9 Å². The molecule has 0 aliphatic heterocycles. The van der Waals surface area contributed by atoms with E-state index in [-0.39, 0.29) is 17.9 Å². The molecule has 1 unspecified atom stereocenters. The van der Waals surface area contributed by atoms with Crippen molar-refractivity contribution < 1.29 is 9.59 Å². The first-order valence-electron chi connectivity index (χ1n) is 8.77. The minimum Gasteiger partial charge on any atom is -0.355 e. The normalized spacial score (nSPS) is 11.6. The molecule has 0 bridgehead atoms. The van der Waals surface area contributed by atoms with E-state index in [9.17, 15) is 9.59 Å². The van der Waals surface area contributed by atoms with E-state index in [4.69, 9.17) is 0 Å². The van der Waals surface area contributed by atoms with Gasteiger partial charge in [0.1, 0.15) is 0 Å². The topological polar surface area (TPSA) is 58.2 Å². The van der Waals surface area contributed by atoms with E-state index < -0.39 is 0 Å². The second kappa shape index (κ2) is 10.3. The third-order valence-corrected chi connectivity index (χ3v) is 4.00. The van der Waals surface area contributed by atoms with E-state index in [1.54, 1.807) is 0 Å². The van der Waals surface area contributed by atoms with Crippen LogP contribution >= 0.6 is 0 Å². The average Bonchev–Trinajstić information content (AvgIpc) is 2.61. The van der Waals surface area contributed by atoms with Crippen molar-refractivity contribution in [3.8, 4) is 0 Å². The van der Waals surface area contributed by atoms with Crippen LogP contribution < -0.4 is 10.6 Å². The second-order valence-corrected chi connectivity index (χ2v) is 6.26. The molecule has 132 valence electrons. The fourth-order valence-corrected chi connectivity index (χ4v) is 2.61. The molecular formula is C21H26N2O2. The predicted molar refractivity (Wildman–Crippen MR) is 100 cm³/mol. The van der Waals surface area contributed by atoms with Gasteiger partial charge in [0.05, 0.1) is 6.42 Å². The van der Waals surface area contributed by atoms with Gasteiger partial charge < -0.3 is 10.6 Å². The minimum absolute atomic E-state index is 0.0272. The average molecular weight is 338 g/mol. The van der Waals surface area contributed by atoms with Crippen LogP contribution in [0, 0.1) is 0 Å². The number of carbonyl (C=O) groups excluding carboxylic acids is 2. The van der Waals surface area contributed by atoms with Crippen LogP contribution in [0.4, 0.5) is 0 Å². The Balaban J connectivity index is 1.59. The van der Waals surface area contributed by atoms with Gasteiger partial charge in [-0.2, -0.15) is 0 Å². The molecule has 0 aliphatic rings. The van der Waals surface area contributed by atoms with Gasteiger partial charge in [0, 0.05) is 19.0 Å². The molecular weight excluding hydrogens is 312 g/mol. The van der Waals surface area contributed by atoms with E-state index in [1.165, 1.54) is 5.56 Å². The van der Waals surface area contributed by atoms with Crippen molar-refractivity contribution in [1.29, 1.82) is 0 Å². The fraction of sp³-hybridized carbons (Fsp3) is 0.333. The highest BCUT2D eigenvalue weighted by Gasteiger charge is 2.08. The van der Waals surface area contributed by atoms with Crippen molar-refractivity contribution in [1.82, 2.24) is 10.6 Å². The smallest absolute Gasteiger partial charge is 0.224 e. The Kier molecular flexibility index (Phi) is 7.70. The molecule has 25 heavy (non-hydrogen) atoms. The Morgan fingerprint density at radius 1 is 0.880 bits per heavy atom. The number of carbonyl (C=O) groups is 2. The Bertz CT molecular complexity index is 656. The number of hydrogen-bond donors (Lipinski definition) is 2. The fourth-order valence-electron chi connectivity index (χ4n) is 2.61. The zero-order valence-corrected chi connectivity index (χ0v) is 14.7. The molecule has 2 aromatic rings. The SMILES string of the molecule is CC(CCc1ccccc1)NC(=O)CCNC(=O)Cc1ccccc1. The molecule has 0 heterocycles. The molecule has 4 nitrogen and oxygen atoms in total. The summed E-state index contributed by atoms with van der Waals surface area (Å²) < 4.78 is 0. The number of rotatable bonds is 9. The number of benzene rings is 2. The van der Waals surface area contributed by atoms with Gasteiger partial charge in [-0.15, -0.1) is 0 Å². The molecule has 0 saturated heterocycles. The van der Waals surface area contributed by atoms with E-state index in [2.05, 4.69) is 22.8 Å². The van der Waals surface area contributed by atoms with E-state index in [1.807, 2.05) is 55.5 Å². The van der Waals surface area contributed by atoms with Gasteiger partial charge >= 0.3 is 0 Å². The largest absolute Gasteiger partial charge is 0.355 e. The summed E-state index contributed by atoms with van der Waals surface area (Å²) in [7, 11) is 0. The minimum atomic E-state index is -0.0591. The van der Waals surface area contributed by atoms with Gasteiger partial charge in [0.2, 0.25) is 11.8 Å². The van der Waals surface area contributed by atoms with E-state index in [0.29, 0.717) is 19.4 Å². The lowest BCUT2D eigenvalue weighted by atomic mass is 10.1. The van der Waals surface area contributed by atoms with Crippen LogP contribution in [0.2, 0.25) is 0 Å². The summed E-state index contributed by atoms with van der Waals surface area (Å²) in [5.41, 5.74) is 2.25. The maximum absolute atomic E-state index is 11.9. The van der Waals surface area contributed by atoms with E-state index in [0.717, 1.165) is 18.4 Å². The predicted octanol–water partition coefficient (Wildman–Crippen LogP) is 2.87. The lowest BCUT2D eigenvalue weighted by Crippen LogP contribution is -2.36. The van der Waals surface area contributed by atoms with Gasteiger partial charge in [0.25, 0.3) is 0 Å². The van der Waals surface area contributed by atoms with Crippen molar-refractivity contribution in [3.05, 3.63) is 71.8 Å². The molecule has 2 N–H and O–H groups in total. The summed E-state index contributed by atoms with van der Waals surface area (Å²) in [4.78, 5) is 23.8. The summed E-state index contributed by atoms with van der Waals surface area (Å²) in [5.74, 6) is -0.0864. The number of amides is 2. The van der Waals surface area contributed by atoms with Gasteiger partial charge in [-0.25, -0.2) is 0 Å².